The van der Waals surface area contributed by atoms with Crippen molar-refractivity contribution in [1.29, 1.82) is 0 Å². The van der Waals surface area contributed by atoms with Crippen molar-refractivity contribution in [3.63, 3.8) is 0 Å². The van der Waals surface area contributed by atoms with Crippen molar-refractivity contribution >= 4 is 11.3 Å². The molecule has 0 spiro atoms. The van der Waals surface area contributed by atoms with Crippen LogP contribution >= 0.6 is 11.3 Å². The minimum absolute atomic E-state index is 0.248. The zero-order chi connectivity index (χ0) is 13.9. The first-order valence-electron chi connectivity index (χ1n) is 6.27. The molecule has 0 aliphatic rings. The summed E-state index contributed by atoms with van der Waals surface area (Å²) in [7, 11) is 0. The average molecular weight is 284 g/mol. The topological polar surface area (TPSA) is 38.9 Å². The van der Waals surface area contributed by atoms with Crippen LogP contribution in [-0.4, -0.2) is 4.98 Å². The van der Waals surface area contributed by atoms with Crippen LogP contribution in [0.25, 0.3) is 21.8 Å². The maximum absolute atomic E-state index is 13.2. The van der Waals surface area contributed by atoms with E-state index in [0.29, 0.717) is 6.54 Å². The Morgan fingerprint density at radius 2 is 1.85 bits per heavy atom. The van der Waals surface area contributed by atoms with Gasteiger partial charge in [0.1, 0.15) is 10.8 Å². The molecule has 0 amide bonds. The minimum atomic E-state index is -0.248. The van der Waals surface area contributed by atoms with Gasteiger partial charge in [-0.3, -0.25) is 0 Å². The van der Waals surface area contributed by atoms with E-state index in [2.05, 4.69) is 4.98 Å². The first kappa shape index (κ1) is 13.0. The molecule has 0 unspecified atom stereocenters. The van der Waals surface area contributed by atoms with Gasteiger partial charge in [0, 0.05) is 23.1 Å². The largest absolute Gasteiger partial charge is 0.326 e. The Bertz CT molecular complexity index is 737. The van der Waals surface area contributed by atoms with E-state index in [4.69, 9.17) is 5.73 Å². The summed E-state index contributed by atoms with van der Waals surface area (Å²) >= 11 is 1.55. The zero-order valence-corrected chi connectivity index (χ0v) is 11.5. The lowest BCUT2D eigenvalue weighted by molar-refractivity contribution is 0.628. The minimum Gasteiger partial charge on any atom is -0.326 e. The lowest BCUT2D eigenvalue weighted by Crippen LogP contribution is -1.95. The molecule has 0 saturated heterocycles. The monoisotopic (exact) mass is 284 g/mol. The molecule has 2 nitrogen and oxygen atoms in total. The third-order valence-electron chi connectivity index (χ3n) is 3.03. The molecule has 3 aromatic rings. The summed E-state index contributed by atoms with van der Waals surface area (Å²) in [5, 5.41) is 2.86. The van der Waals surface area contributed by atoms with E-state index in [9.17, 15) is 4.39 Å². The van der Waals surface area contributed by atoms with E-state index < -0.39 is 0 Å². The van der Waals surface area contributed by atoms with Crippen LogP contribution in [0.15, 0.2) is 53.9 Å². The molecule has 0 atom stereocenters. The highest BCUT2D eigenvalue weighted by Gasteiger charge is 2.07. The second-order valence-corrected chi connectivity index (χ2v) is 5.31. The van der Waals surface area contributed by atoms with E-state index in [1.54, 1.807) is 17.4 Å². The highest BCUT2D eigenvalue weighted by atomic mass is 32.1. The maximum Gasteiger partial charge on any atom is 0.124 e. The Morgan fingerprint density at radius 3 is 2.65 bits per heavy atom. The number of nitrogens with zero attached hydrogens (tertiary/aromatic N) is 1. The number of hydrogen-bond donors (Lipinski definition) is 1. The van der Waals surface area contributed by atoms with Crippen LogP contribution in [-0.2, 0) is 6.54 Å². The second kappa shape index (κ2) is 5.53. The van der Waals surface area contributed by atoms with Crippen molar-refractivity contribution < 1.29 is 4.39 Å². The molecule has 0 fully saturated rings. The molecule has 0 bridgehead atoms. The number of benzene rings is 2. The fourth-order valence-corrected chi connectivity index (χ4v) is 2.84. The van der Waals surface area contributed by atoms with Crippen molar-refractivity contribution in [2.24, 2.45) is 5.73 Å². The summed E-state index contributed by atoms with van der Waals surface area (Å²) in [5.41, 5.74) is 9.36. The lowest BCUT2D eigenvalue weighted by Gasteiger charge is -2.00. The van der Waals surface area contributed by atoms with E-state index in [1.165, 1.54) is 12.1 Å². The normalized spacial score (nSPS) is 10.7. The molecule has 2 N–H and O–H groups in total. The van der Waals surface area contributed by atoms with Crippen LogP contribution < -0.4 is 5.73 Å². The lowest BCUT2D eigenvalue weighted by atomic mass is 10.1. The van der Waals surface area contributed by atoms with Crippen LogP contribution in [0.1, 0.15) is 5.56 Å². The Morgan fingerprint density at radius 1 is 1.05 bits per heavy atom. The number of nitrogens with two attached hydrogens (primary N) is 1. The summed E-state index contributed by atoms with van der Waals surface area (Å²) in [6, 6.07) is 14.5. The van der Waals surface area contributed by atoms with Crippen LogP contribution in [0, 0.1) is 5.82 Å². The van der Waals surface area contributed by atoms with Gasteiger partial charge in [-0.1, -0.05) is 30.3 Å². The van der Waals surface area contributed by atoms with Gasteiger partial charge in [0.2, 0.25) is 0 Å². The molecule has 4 heteroatoms. The molecule has 2 aromatic carbocycles. The van der Waals surface area contributed by atoms with E-state index >= 15 is 0 Å². The number of hydrogen-bond acceptors (Lipinski definition) is 3. The van der Waals surface area contributed by atoms with Gasteiger partial charge in [0.05, 0.1) is 5.69 Å². The van der Waals surface area contributed by atoms with Crippen molar-refractivity contribution in [2.75, 3.05) is 0 Å². The molecule has 20 heavy (non-hydrogen) atoms. The number of rotatable bonds is 3. The molecule has 100 valence electrons. The standard InChI is InChI=1S/C16H13FN2S/c17-14-6-2-4-12(8-14)15-10-20-16(19-15)13-5-1-3-11(7-13)9-18/h1-8,10H,9,18H2. The predicted molar refractivity (Wildman–Crippen MR) is 80.8 cm³/mol. The van der Waals surface area contributed by atoms with Crippen LogP contribution in [0.2, 0.25) is 0 Å². The van der Waals surface area contributed by atoms with Gasteiger partial charge < -0.3 is 5.73 Å². The highest BCUT2D eigenvalue weighted by Crippen LogP contribution is 2.29. The molecular weight excluding hydrogens is 271 g/mol. The van der Waals surface area contributed by atoms with E-state index in [0.717, 1.165) is 27.4 Å². The summed E-state index contributed by atoms with van der Waals surface area (Å²) in [6.45, 7) is 0.510. The average Bonchev–Trinajstić information content (AvgIpc) is 2.97. The van der Waals surface area contributed by atoms with Crippen molar-refractivity contribution in [2.45, 2.75) is 6.54 Å². The molecular formula is C16H13FN2S. The third-order valence-corrected chi connectivity index (χ3v) is 3.93. The van der Waals surface area contributed by atoms with Crippen LogP contribution in [0.5, 0.6) is 0 Å². The molecule has 0 saturated carbocycles. The van der Waals surface area contributed by atoms with Crippen molar-refractivity contribution in [1.82, 2.24) is 4.98 Å². The fraction of sp³-hybridized carbons (Fsp3) is 0.0625. The maximum atomic E-state index is 13.2. The molecule has 3 rings (SSSR count). The van der Waals surface area contributed by atoms with Crippen LogP contribution in [0.3, 0.4) is 0 Å². The van der Waals surface area contributed by atoms with Crippen molar-refractivity contribution in [3.8, 4) is 21.8 Å². The van der Waals surface area contributed by atoms with Gasteiger partial charge in [-0.25, -0.2) is 9.37 Å². The Hall–Kier alpha value is -2.04. The summed E-state index contributed by atoms with van der Waals surface area (Å²) in [4.78, 5) is 4.58. The number of thiazole rings is 1. The number of aromatic nitrogens is 1. The van der Waals surface area contributed by atoms with Gasteiger partial charge >= 0.3 is 0 Å². The van der Waals surface area contributed by atoms with Gasteiger partial charge in [-0.15, -0.1) is 11.3 Å². The van der Waals surface area contributed by atoms with E-state index in [1.807, 2.05) is 35.7 Å². The third kappa shape index (κ3) is 2.61. The predicted octanol–water partition coefficient (Wildman–Crippen LogP) is 4.07. The SMILES string of the molecule is NCc1cccc(-c2nc(-c3cccc(F)c3)cs2)c1. The summed E-state index contributed by atoms with van der Waals surface area (Å²) in [5.74, 6) is -0.248. The Kier molecular flexibility index (Phi) is 3.58. The fourth-order valence-electron chi connectivity index (χ4n) is 2.02. The molecule has 1 heterocycles. The first-order chi connectivity index (χ1) is 9.76. The Balaban J connectivity index is 1.97. The number of halogens is 1. The molecule has 0 radical (unpaired) electrons. The first-order valence-corrected chi connectivity index (χ1v) is 7.15. The van der Waals surface area contributed by atoms with Gasteiger partial charge in [-0.05, 0) is 23.8 Å². The van der Waals surface area contributed by atoms with E-state index in [-0.39, 0.29) is 5.82 Å². The van der Waals surface area contributed by atoms with Crippen LogP contribution in [0.4, 0.5) is 4.39 Å². The summed E-state index contributed by atoms with van der Waals surface area (Å²) < 4.78 is 13.2. The molecule has 1 aromatic heterocycles. The zero-order valence-electron chi connectivity index (χ0n) is 10.7. The second-order valence-electron chi connectivity index (χ2n) is 4.45. The van der Waals surface area contributed by atoms with Gasteiger partial charge in [-0.2, -0.15) is 0 Å². The molecule has 0 aliphatic carbocycles. The summed E-state index contributed by atoms with van der Waals surface area (Å²) in [6.07, 6.45) is 0. The van der Waals surface area contributed by atoms with Gasteiger partial charge in [0.15, 0.2) is 0 Å². The molecule has 0 aliphatic heterocycles. The van der Waals surface area contributed by atoms with Gasteiger partial charge in [0.25, 0.3) is 0 Å². The van der Waals surface area contributed by atoms with Crippen molar-refractivity contribution in [3.05, 3.63) is 65.3 Å². The quantitative estimate of drug-likeness (QED) is 0.787. The Labute approximate surface area is 120 Å². The highest BCUT2D eigenvalue weighted by molar-refractivity contribution is 7.13. The smallest absolute Gasteiger partial charge is 0.124 e.